The van der Waals surface area contributed by atoms with E-state index in [1.54, 1.807) is 18.2 Å². The van der Waals surface area contributed by atoms with E-state index < -0.39 is 23.1 Å². The van der Waals surface area contributed by atoms with Crippen LogP contribution in [-0.2, 0) is 20.9 Å². The molecule has 1 aromatic heterocycles. The first-order valence-electron chi connectivity index (χ1n) is 11.3. The number of hydrogen-bond acceptors (Lipinski definition) is 8. The number of aromatic amines is 1. The third-order valence-electron chi connectivity index (χ3n) is 5.96. The summed E-state index contributed by atoms with van der Waals surface area (Å²) < 4.78 is 17.1. The number of hydrogen-bond donors (Lipinski definition) is 2. The van der Waals surface area contributed by atoms with Crippen LogP contribution in [0.5, 0.6) is 11.5 Å². The Hall–Kier alpha value is -3.80. The van der Waals surface area contributed by atoms with E-state index in [9.17, 15) is 19.2 Å². The quantitative estimate of drug-likeness (QED) is 0.548. The van der Waals surface area contributed by atoms with Crippen molar-refractivity contribution < 1.29 is 23.8 Å². The summed E-state index contributed by atoms with van der Waals surface area (Å²) in [7, 11) is 1.47. The highest BCUT2D eigenvalue weighted by Crippen LogP contribution is 2.37. The molecule has 1 aromatic carbocycles. The van der Waals surface area contributed by atoms with Crippen molar-refractivity contribution in [2.24, 2.45) is 11.8 Å². The summed E-state index contributed by atoms with van der Waals surface area (Å²) in [6.07, 6.45) is -0.0415. The fourth-order valence-electron chi connectivity index (χ4n) is 4.30. The lowest BCUT2D eigenvalue weighted by Crippen LogP contribution is -2.45. The van der Waals surface area contributed by atoms with Crippen LogP contribution < -0.4 is 36.3 Å². The minimum Gasteiger partial charge on any atom is -0.454 e. The Morgan fingerprint density at radius 1 is 1.26 bits per heavy atom. The molecule has 1 atom stereocenters. The highest BCUT2D eigenvalue weighted by atomic mass is 16.7. The van der Waals surface area contributed by atoms with Crippen molar-refractivity contribution in [1.82, 2.24) is 9.55 Å². The zero-order valence-corrected chi connectivity index (χ0v) is 19.9. The van der Waals surface area contributed by atoms with Gasteiger partial charge in [-0.25, -0.2) is 4.79 Å². The Labute approximate surface area is 201 Å². The second-order valence-electron chi connectivity index (χ2n) is 8.92. The average molecular weight is 488 g/mol. The first kappa shape index (κ1) is 24.3. The van der Waals surface area contributed by atoms with E-state index in [1.807, 2.05) is 13.8 Å². The summed E-state index contributed by atoms with van der Waals surface area (Å²) in [4.78, 5) is 56.6. The summed E-state index contributed by atoms with van der Waals surface area (Å²) >= 11 is 0. The van der Waals surface area contributed by atoms with Gasteiger partial charge in [-0.2, -0.15) is 0 Å². The van der Waals surface area contributed by atoms with Gasteiger partial charge in [-0.15, -0.1) is 0 Å². The molecule has 12 nitrogen and oxygen atoms in total. The fraction of sp³-hybridized carbons (Fsp3) is 0.478. The van der Waals surface area contributed by atoms with Crippen molar-refractivity contribution in [3.63, 3.8) is 0 Å². The van der Waals surface area contributed by atoms with Gasteiger partial charge >= 0.3 is 5.69 Å². The lowest BCUT2D eigenvalue weighted by atomic mass is 10.1. The second kappa shape index (κ2) is 9.82. The summed E-state index contributed by atoms with van der Waals surface area (Å²) in [6.45, 7) is 4.44. The number of nitrogens with zero attached hydrogens (tertiary/aromatic N) is 3. The van der Waals surface area contributed by atoms with Crippen LogP contribution in [0.2, 0.25) is 0 Å². The summed E-state index contributed by atoms with van der Waals surface area (Å²) in [5.41, 5.74) is 5.29. The molecule has 2 amide bonds. The van der Waals surface area contributed by atoms with Crippen LogP contribution in [0.15, 0.2) is 27.8 Å². The number of anilines is 3. The molecule has 3 N–H and O–H groups in total. The van der Waals surface area contributed by atoms with Gasteiger partial charge in [-0.05, 0) is 18.1 Å². The maximum atomic E-state index is 13.6. The number of aromatic nitrogens is 2. The number of carbonyl (C=O) groups excluding carboxylic acids is 2. The van der Waals surface area contributed by atoms with Crippen molar-refractivity contribution in [3.05, 3.63) is 39.0 Å². The molecular weight excluding hydrogens is 458 g/mol. The van der Waals surface area contributed by atoms with Crippen molar-refractivity contribution in [2.75, 3.05) is 49.1 Å². The molecule has 3 heterocycles. The highest BCUT2D eigenvalue weighted by Gasteiger charge is 2.39. The van der Waals surface area contributed by atoms with Crippen LogP contribution in [0.4, 0.5) is 17.2 Å². The van der Waals surface area contributed by atoms with Crippen LogP contribution in [0.25, 0.3) is 0 Å². The molecule has 0 saturated carbocycles. The van der Waals surface area contributed by atoms with E-state index >= 15 is 0 Å². The molecule has 2 aromatic rings. The van der Waals surface area contributed by atoms with E-state index in [1.165, 1.54) is 21.5 Å². The Balaban J connectivity index is 1.65. The van der Waals surface area contributed by atoms with Crippen molar-refractivity contribution >= 4 is 29.0 Å². The van der Waals surface area contributed by atoms with Crippen LogP contribution in [0.1, 0.15) is 20.3 Å². The van der Waals surface area contributed by atoms with Gasteiger partial charge in [0.1, 0.15) is 5.82 Å². The molecule has 0 bridgehead atoms. The van der Waals surface area contributed by atoms with E-state index in [4.69, 9.17) is 19.9 Å². The highest BCUT2D eigenvalue weighted by molar-refractivity contribution is 6.05. The molecule has 1 fully saturated rings. The molecule has 0 aliphatic carbocycles. The Bertz CT molecular complexity index is 1250. The predicted octanol–water partition coefficient (Wildman–Crippen LogP) is 0.536. The number of benzene rings is 1. The molecule has 0 radical (unpaired) electrons. The number of amides is 2. The summed E-state index contributed by atoms with van der Waals surface area (Å²) in [6, 6.07) is 5.13. The minimum absolute atomic E-state index is 0.0250. The number of ether oxygens (including phenoxy) is 3. The predicted molar refractivity (Wildman–Crippen MR) is 128 cm³/mol. The zero-order valence-electron chi connectivity index (χ0n) is 19.9. The summed E-state index contributed by atoms with van der Waals surface area (Å²) in [5.74, 6) is -0.336. The third-order valence-corrected chi connectivity index (χ3v) is 5.96. The number of nitrogens with two attached hydrogens (primary N) is 1. The van der Waals surface area contributed by atoms with Gasteiger partial charge in [0.15, 0.2) is 17.2 Å². The zero-order chi connectivity index (χ0) is 25.3. The van der Waals surface area contributed by atoms with Crippen molar-refractivity contribution in [1.29, 1.82) is 0 Å². The lowest BCUT2D eigenvalue weighted by molar-refractivity contribution is -0.124. The first-order chi connectivity index (χ1) is 16.7. The van der Waals surface area contributed by atoms with Gasteiger partial charge in [0.25, 0.3) is 5.56 Å². The van der Waals surface area contributed by atoms with Crippen molar-refractivity contribution in [2.45, 2.75) is 26.8 Å². The number of nitrogens with one attached hydrogen (secondary N) is 1. The number of carbonyl (C=O) groups is 2. The molecule has 4 rings (SSSR count). The van der Waals surface area contributed by atoms with Gasteiger partial charge < -0.3 is 29.7 Å². The monoisotopic (exact) mass is 487 g/mol. The number of rotatable bonds is 8. The Morgan fingerprint density at radius 2 is 2.00 bits per heavy atom. The molecule has 188 valence electrons. The molecular formula is C23H29N5O7. The van der Waals surface area contributed by atoms with E-state index in [0.717, 1.165) is 0 Å². The Kier molecular flexibility index (Phi) is 6.83. The van der Waals surface area contributed by atoms with E-state index in [2.05, 4.69) is 4.98 Å². The number of H-pyrrole nitrogens is 1. The average Bonchev–Trinajstić information content (AvgIpc) is 3.44. The smallest absolute Gasteiger partial charge is 0.330 e. The maximum absolute atomic E-state index is 13.6. The summed E-state index contributed by atoms with van der Waals surface area (Å²) in [5, 5.41) is 0. The van der Waals surface area contributed by atoms with Crippen LogP contribution in [0, 0.1) is 11.8 Å². The first-order valence-corrected chi connectivity index (χ1v) is 11.3. The second-order valence-corrected chi connectivity index (χ2v) is 8.92. The van der Waals surface area contributed by atoms with Gasteiger partial charge in [0.05, 0.1) is 12.5 Å². The van der Waals surface area contributed by atoms with Crippen LogP contribution in [-0.4, -0.2) is 55.0 Å². The fourth-order valence-corrected chi connectivity index (χ4v) is 4.30. The van der Waals surface area contributed by atoms with Gasteiger partial charge in [-0.3, -0.25) is 23.9 Å². The van der Waals surface area contributed by atoms with Crippen molar-refractivity contribution in [3.8, 4) is 11.5 Å². The molecule has 1 saturated heterocycles. The SMILES string of the molecule is COCCN(C(=O)C1CC(=O)N(c2ccc3c(c2)OCO3)C1)c1c(N)n(CC(C)C)c(=O)[nH]c1=O. The van der Waals surface area contributed by atoms with Gasteiger partial charge in [0, 0.05) is 44.9 Å². The van der Waals surface area contributed by atoms with Gasteiger partial charge in [-0.1, -0.05) is 13.8 Å². The minimum atomic E-state index is -0.770. The molecule has 2 aliphatic heterocycles. The topological polar surface area (TPSA) is 149 Å². The molecule has 0 spiro atoms. The molecule has 1 unspecified atom stereocenters. The van der Waals surface area contributed by atoms with Gasteiger partial charge in [0.2, 0.25) is 18.6 Å². The largest absolute Gasteiger partial charge is 0.454 e. The Morgan fingerprint density at radius 3 is 2.71 bits per heavy atom. The van der Waals surface area contributed by atoms with E-state index in [0.29, 0.717) is 17.2 Å². The normalized spacial score (nSPS) is 16.9. The maximum Gasteiger partial charge on any atom is 0.330 e. The number of methoxy groups -OCH3 is 1. The number of fused-ring (bicyclic) bond motifs is 1. The standard InChI is InChI=1S/C23H29N5O7/c1-13(2)10-28-20(24)19(21(30)25-23(28)32)26(6-7-33-3)22(31)14-8-18(29)27(11-14)15-4-5-16-17(9-15)35-12-34-16/h4-5,9,13-14H,6-8,10-12,24H2,1-3H3,(H,25,30,32). The third kappa shape index (κ3) is 4.74. The van der Waals surface area contributed by atoms with E-state index in [-0.39, 0.29) is 62.8 Å². The van der Waals surface area contributed by atoms with Crippen LogP contribution in [0.3, 0.4) is 0 Å². The molecule has 12 heteroatoms. The number of nitrogen functional groups attached to an aromatic ring is 1. The molecule has 35 heavy (non-hydrogen) atoms. The lowest BCUT2D eigenvalue weighted by Gasteiger charge is -2.27. The molecule has 2 aliphatic rings. The van der Waals surface area contributed by atoms with Crippen LogP contribution >= 0.6 is 0 Å².